The second kappa shape index (κ2) is 8.97. The topological polar surface area (TPSA) is 84.9 Å². The molecule has 0 aliphatic carbocycles. The first-order chi connectivity index (χ1) is 10.1. The molecule has 0 aliphatic rings. The van der Waals surface area contributed by atoms with Gasteiger partial charge in [-0.3, -0.25) is 4.79 Å². The summed E-state index contributed by atoms with van der Waals surface area (Å²) < 4.78 is 10.1. The van der Waals surface area contributed by atoms with E-state index in [4.69, 9.17) is 14.6 Å². The molecule has 6 heteroatoms. The highest BCUT2D eigenvalue weighted by molar-refractivity contribution is 5.83. The van der Waals surface area contributed by atoms with Crippen LogP contribution in [0.1, 0.15) is 18.9 Å². The Morgan fingerprint density at radius 1 is 1.29 bits per heavy atom. The van der Waals surface area contributed by atoms with Crippen LogP contribution < -0.4 is 10.1 Å². The molecule has 0 aromatic heterocycles. The van der Waals surface area contributed by atoms with Gasteiger partial charge in [0.2, 0.25) is 5.91 Å². The van der Waals surface area contributed by atoms with E-state index in [-0.39, 0.29) is 18.9 Å². The van der Waals surface area contributed by atoms with Gasteiger partial charge in [0.15, 0.2) is 6.04 Å². The lowest BCUT2D eigenvalue weighted by atomic mass is 10.1. The van der Waals surface area contributed by atoms with Crippen molar-refractivity contribution in [2.75, 3.05) is 20.3 Å². The first-order valence-electron chi connectivity index (χ1n) is 6.79. The Labute approximate surface area is 124 Å². The second-order valence-electron chi connectivity index (χ2n) is 4.49. The van der Waals surface area contributed by atoms with Crippen molar-refractivity contribution >= 4 is 11.9 Å². The van der Waals surface area contributed by atoms with Gasteiger partial charge in [0.1, 0.15) is 5.75 Å². The number of rotatable bonds is 9. The molecule has 1 atom stereocenters. The quantitative estimate of drug-likeness (QED) is 0.716. The summed E-state index contributed by atoms with van der Waals surface area (Å²) in [5.41, 5.74) is 0.993. The fourth-order valence-electron chi connectivity index (χ4n) is 1.78. The molecule has 1 amide bonds. The van der Waals surface area contributed by atoms with Crippen LogP contribution >= 0.6 is 0 Å². The van der Waals surface area contributed by atoms with Gasteiger partial charge in [-0.05, 0) is 31.0 Å². The van der Waals surface area contributed by atoms with E-state index in [0.717, 1.165) is 11.3 Å². The minimum absolute atomic E-state index is 0.0515. The highest BCUT2D eigenvalue weighted by Crippen LogP contribution is 2.13. The molecule has 0 spiro atoms. The van der Waals surface area contributed by atoms with E-state index in [2.05, 4.69) is 5.32 Å². The molecule has 21 heavy (non-hydrogen) atoms. The van der Waals surface area contributed by atoms with Crippen LogP contribution in [0.25, 0.3) is 0 Å². The summed E-state index contributed by atoms with van der Waals surface area (Å²) in [6.07, 6.45) is 0.763. The van der Waals surface area contributed by atoms with E-state index in [9.17, 15) is 9.59 Å². The van der Waals surface area contributed by atoms with Crippen LogP contribution in [0.2, 0.25) is 0 Å². The van der Waals surface area contributed by atoms with Gasteiger partial charge in [0, 0.05) is 13.5 Å². The average Bonchev–Trinajstić information content (AvgIpc) is 2.46. The molecule has 0 bridgehead atoms. The maximum Gasteiger partial charge on any atom is 0.328 e. The van der Waals surface area contributed by atoms with E-state index in [1.165, 1.54) is 7.11 Å². The minimum atomic E-state index is -1.11. The van der Waals surface area contributed by atoms with E-state index in [1.807, 2.05) is 31.2 Å². The van der Waals surface area contributed by atoms with Crippen molar-refractivity contribution < 1.29 is 24.2 Å². The molecule has 6 nitrogen and oxygen atoms in total. The standard InChI is InChI=1S/C15H21NO5/c1-3-21-12-7-4-11(5-8-12)6-9-14(17)16-13(10-20-2)15(18)19/h4-5,7-8,13H,3,6,9-10H2,1-2H3,(H,16,17)(H,18,19). The summed E-state index contributed by atoms with van der Waals surface area (Å²) in [5, 5.41) is 11.3. The maximum absolute atomic E-state index is 11.7. The third kappa shape index (κ3) is 6.27. The number of aliphatic carboxylic acids is 1. The summed E-state index contributed by atoms with van der Waals surface area (Å²) in [5.74, 6) is -0.628. The Morgan fingerprint density at radius 2 is 1.95 bits per heavy atom. The van der Waals surface area contributed by atoms with Crippen molar-refractivity contribution in [1.29, 1.82) is 0 Å². The average molecular weight is 295 g/mol. The van der Waals surface area contributed by atoms with Gasteiger partial charge in [0.25, 0.3) is 0 Å². The van der Waals surface area contributed by atoms with E-state index in [1.54, 1.807) is 0 Å². The van der Waals surface area contributed by atoms with E-state index in [0.29, 0.717) is 13.0 Å². The zero-order chi connectivity index (χ0) is 15.7. The van der Waals surface area contributed by atoms with Crippen molar-refractivity contribution in [2.24, 2.45) is 0 Å². The van der Waals surface area contributed by atoms with Crippen LogP contribution in [0.5, 0.6) is 5.75 Å². The van der Waals surface area contributed by atoms with Gasteiger partial charge >= 0.3 is 5.97 Å². The Balaban J connectivity index is 2.43. The number of aryl methyl sites for hydroxylation is 1. The molecule has 1 aromatic carbocycles. The normalized spacial score (nSPS) is 11.7. The van der Waals surface area contributed by atoms with Crippen LogP contribution in [0.3, 0.4) is 0 Å². The van der Waals surface area contributed by atoms with Crippen LogP contribution in [-0.4, -0.2) is 43.3 Å². The van der Waals surface area contributed by atoms with Crippen molar-refractivity contribution in [3.8, 4) is 5.75 Å². The number of hydrogen-bond donors (Lipinski definition) is 2. The molecule has 0 radical (unpaired) electrons. The second-order valence-corrected chi connectivity index (χ2v) is 4.49. The summed E-state index contributed by atoms with van der Waals surface area (Å²) in [6.45, 7) is 2.47. The number of hydrogen-bond acceptors (Lipinski definition) is 4. The lowest BCUT2D eigenvalue weighted by Crippen LogP contribution is -2.43. The van der Waals surface area contributed by atoms with Crippen molar-refractivity contribution in [3.05, 3.63) is 29.8 Å². The zero-order valence-corrected chi connectivity index (χ0v) is 12.3. The molecule has 2 N–H and O–H groups in total. The number of ether oxygens (including phenoxy) is 2. The number of benzene rings is 1. The number of methoxy groups -OCH3 is 1. The smallest absolute Gasteiger partial charge is 0.328 e. The molecule has 1 aromatic rings. The van der Waals surface area contributed by atoms with Crippen molar-refractivity contribution in [3.63, 3.8) is 0 Å². The molecule has 0 saturated heterocycles. The van der Waals surface area contributed by atoms with Gasteiger partial charge in [-0.25, -0.2) is 4.79 Å². The molecule has 0 fully saturated rings. The minimum Gasteiger partial charge on any atom is -0.494 e. The Kier molecular flexibility index (Phi) is 7.25. The van der Waals surface area contributed by atoms with Gasteiger partial charge in [-0.2, -0.15) is 0 Å². The molecular formula is C15H21NO5. The number of carboxylic acid groups (broad SMARTS) is 1. The Bertz CT molecular complexity index is 458. The number of carbonyl (C=O) groups is 2. The Hall–Kier alpha value is -2.08. The highest BCUT2D eigenvalue weighted by Gasteiger charge is 2.19. The van der Waals surface area contributed by atoms with Crippen molar-refractivity contribution in [2.45, 2.75) is 25.8 Å². The predicted octanol–water partition coefficient (Wildman–Crippen LogP) is 1.23. The highest BCUT2D eigenvalue weighted by atomic mass is 16.5. The molecule has 0 saturated carbocycles. The SMILES string of the molecule is CCOc1ccc(CCC(=O)NC(COC)C(=O)O)cc1. The first kappa shape index (κ1) is 17.0. The molecule has 0 aliphatic heterocycles. The van der Waals surface area contributed by atoms with Gasteiger partial charge in [-0.1, -0.05) is 12.1 Å². The van der Waals surface area contributed by atoms with Gasteiger partial charge in [0.05, 0.1) is 13.2 Å². The summed E-state index contributed by atoms with van der Waals surface area (Å²) in [7, 11) is 1.39. The molecule has 116 valence electrons. The van der Waals surface area contributed by atoms with E-state index >= 15 is 0 Å². The molecular weight excluding hydrogens is 274 g/mol. The predicted molar refractivity (Wildman–Crippen MR) is 77.4 cm³/mol. The lowest BCUT2D eigenvalue weighted by molar-refractivity contribution is -0.143. The molecule has 1 rings (SSSR count). The van der Waals surface area contributed by atoms with Crippen LogP contribution in [-0.2, 0) is 20.7 Å². The van der Waals surface area contributed by atoms with Crippen LogP contribution in [0.15, 0.2) is 24.3 Å². The van der Waals surface area contributed by atoms with Gasteiger partial charge in [-0.15, -0.1) is 0 Å². The van der Waals surface area contributed by atoms with E-state index < -0.39 is 12.0 Å². The molecule has 1 unspecified atom stereocenters. The monoisotopic (exact) mass is 295 g/mol. The van der Waals surface area contributed by atoms with Crippen LogP contribution in [0, 0.1) is 0 Å². The summed E-state index contributed by atoms with van der Waals surface area (Å²) in [4.78, 5) is 22.6. The fraction of sp³-hybridized carbons (Fsp3) is 0.467. The zero-order valence-electron chi connectivity index (χ0n) is 12.3. The van der Waals surface area contributed by atoms with Crippen LogP contribution in [0.4, 0.5) is 0 Å². The third-order valence-electron chi connectivity index (χ3n) is 2.84. The first-order valence-corrected chi connectivity index (χ1v) is 6.79. The third-order valence-corrected chi connectivity index (χ3v) is 2.84. The number of carbonyl (C=O) groups excluding carboxylic acids is 1. The largest absolute Gasteiger partial charge is 0.494 e. The Morgan fingerprint density at radius 3 is 2.48 bits per heavy atom. The fourth-order valence-corrected chi connectivity index (χ4v) is 1.78. The molecule has 0 heterocycles. The van der Waals surface area contributed by atoms with Crippen molar-refractivity contribution in [1.82, 2.24) is 5.32 Å². The summed E-state index contributed by atoms with van der Waals surface area (Å²) in [6, 6.07) is 6.47. The summed E-state index contributed by atoms with van der Waals surface area (Å²) >= 11 is 0. The van der Waals surface area contributed by atoms with Gasteiger partial charge < -0.3 is 19.9 Å². The maximum atomic E-state index is 11.7. The lowest BCUT2D eigenvalue weighted by Gasteiger charge is -2.13. The number of carboxylic acids is 1. The number of nitrogens with one attached hydrogen (secondary N) is 1. The number of amides is 1.